The second kappa shape index (κ2) is 5.87. The van der Waals surface area contributed by atoms with Crippen LogP contribution in [0.4, 0.5) is 0 Å². The summed E-state index contributed by atoms with van der Waals surface area (Å²) in [6.07, 6.45) is 11.2. The quantitative estimate of drug-likeness (QED) is 0.911. The smallest absolute Gasteiger partial charge is 0.138 e. The molecule has 1 aromatic rings. The van der Waals surface area contributed by atoms with E-state index in [1.54, 1.807) is 11.0 Å². The molecule has 106 valence electrons. The summed E-state index contributed by atoms with van der Waals surface area (Å²) in [7, 11) is 0. The first-order valence-electron chi connectivity index (χ1n) is 7.23. The van der Waals surface area contributed by atoms with Gasteiger partial charge in [0.2, 0.25) is 0 Å². The van der Waals surface area contributed by atoms with Crippen molar-refractivity contribution in [1.82, 2.24) is 14.8 Å². The van der Waals surface area contributed by atoms with Crippen molar-refractivity contribution in [2.75, 3.05) is 0 Å². The number of allylic oxidation sites excluding steroid dienone is 1. The van der Waals surface area contributed by atoms with E-state index in [2.05, 4.69) is 16.2 Å². The molecule has 1 aliphatic rings. The van der Waals surface area contributed by atoms with Crippen molar-refractivity contribution >= 4 is 5.70 Å². The molecule has 2 rings (SSSR count). The molecule has 0 saturated heterocycles. The number of nitrogens with zero attached hydrogens (tertiary/aromatic N) is 3. The number of aliphatic hydroxyl groups excluding tert-OH is 1. The van der Waals surface area contributed by atoms with Crippen LogP contribution in [0.1, 0.15) is 52.9 Å². The minimum absolute atomic E-state index is 0.202. The van der Waals surface area contributed by atoms with Gasteiger partial charge in [-0.1, -0.05) is 46.1 Å². The van der Waals surface area contributed by atoms with Crippen LogP contribution >= 0.6 is 0 Å². The van der Waals surface area contributed by atoms with Gasteiger partial charge in [-0.05, 0) is 24.2 Å². The van der Waals surface area contributed by atoms with Gasteiger partial charge in [0.1, 0.15) is 18.8 Å². The van der Waals surface area contributed by atoms with E-state index in [0.717, 1.165) is 5.70 Å². The first kappa shape index (κ1) is 14.3. The third-order valence-corrected chi connectivity index (χ3v) is 3.84. The molecule has 1 aliphatic carbocycles. The summed E-state index contributed by atoms with van der Waals surface area (Å²) in [6, 6.07) is 0. The van der Waals surface area contributed by atoms with Gasteiger partial charge in [0.05, 0.1) is 5.70 Å². The average Bonchev–Trinajstić information content (AvgIpc) is 2.89. The largest absolute Gasteiger partial charge is 0.386 e. The van der Waals surface area contributed by atoms with Gasteiger partial charge in [-0.15, -0.1) is 0 Å². The molecular weight excluding hydrogens is 238 g/mol. The highest BCUT2D eigenvalue weighted by atomic mass is 16.3. The van der Waals surface area contributed by atoms with Crippen molar-refractivity contribution in [2.45, 2.75) is 59.0 Å². The molecule has 4 heteroatoms. The minimum Gasteiger partial charge on any atom is -0.386 e. The van der Waals surface area contributed by atoms with Crippen LogP contribution in [-0.2, 0) is 0 Å². The van der Waals surface area contributed by atoms with E-state index in [0.29, 0.717) is 5.92 Å². The van der Waals surface area contributed by atoms with E-state index in [1.165, 1.54) is 38.4 Å². The average molecular weight is 263 g/mol. The predicted octanol–water partition coefficient (Wildman–Crippen LogP) is 3.11. The summed E-state index contributed by atoms with van der Waals surface area (Å²) in [5, 5.41) is 14.8. The Bertz CT molecular complexity index is 411. The lowest BCUT2D eigenvalue weighted by atomic mass is 9.83. The molecule has 4 nitrogen and oxygen atoms in total. The fourth-order valence-electron chi connectivity index (χ4n) is 2.62. The molecule has 0 radical (unpaired) electrons. The van der Waals surface area contributed by atoms with Gasteiger partial charge in [0, 0.05) is 0 Å². The fourth-order valence-corrected chi connectivity index (χ4v) is 2.62. The van der Waals surface area contributed by atoms with Gasteiger partial charge in [-0.2, -0.15) is 5.10 Å². The number of hydrogen-bond donors (Lipinski definition) is 1. The Hall–Kier alpha value is -1.16. The predicted molar refractivity (Wildman–Crippen MR) is 76.3 cm³/mol. The molecule has 0 unspecified atom stereocenters. The van der Waals surface area contributed by atoms with Gasteiger partial charge in [0.25, 0.3) is 0 Å². The van der Waals surface area contributed by atoms with Gasteiger partial charge in [-0.25, -0.2) is 9.67 Å². The number of rotatable bonds is 3. The first-order chi connectivity index (χ1) is 8.98. The zero-order valence-electron chi connectivity index (χ0n) is 12.2. The highest BCUT2D eigenvalue weighted by Crippen LogP contribution is 2.31. The molecule has 1 saturated carbocycles. The monoisotopic (exact) mass is 263 g/mol. The molecule has 1 heterocycles. The van der Waals surface area contributed by atoms with Crippen LogP contribution in [0.5, 0.6) is 0 Å². The Balaban J connectivity index is 2.26. The summed E-state index contributed by atoms with van der Waals surface area (Å²) in [4.78, 5) is 4.00. The van der Waals surface area contributed by atoms with Gasteiger partial charge >= 0.3 is 0 Å². The van der Waals surface area contributed by atoms with Crippen LogP contribution in [0.2, 0.25) is 0 Å². The summed E-state index contributed by atoms with van der Waals surface area (Å²) in [6.45, 7) is 6.13. The molecular formula is C15H25N3O. The standard InChI is InChI=1S/C15H25N3O/c1-15(2,3)14(19)13(18-11-16-10-17-18)9-12-7-5-4-6-8-12/h9-12,14,19H,4-8H2,1-3H3/b13-9+/t14-/m1/s1. The summed E-state index contributed by atoms with van der Waals surface area (Å²) in [5.74, 6) is 0.560. The van der Waals surface area contributed by atoms with E-state index in [-0.39, 0.29) is 5.41 Å². The minimum atomic E-state index is -0.531. The van der Waals surface area contributed by atoms with Crippen LogP contribution in [-0.4, -0.2) is 26.0 Å². The molecule has 0 aromatic carbocycles. The Morgan fingerprint density at radius 1 is 1.32 bits per heavy atom. The maximum Gasteiger partial charge on any atom is 0.138 e. The Kier molecular flexibility index (Phi) is 4.40. The normalized spacial score (nSPS) is 20.5. The van der Waals surface area contributed by atoms with E-state index in [1.807, 2.05) is 20.8 Å². The van der Waals surface area contributed by atoms with Crippen LogP contribution in [0.25, 0.3) is 5.70 Å². The fraction of sp³-hybridized carbons (Fsp3) is 0.733. The van der Waals surface area contributed by atoms with Gasteiger partial charge in [0.15, 0.2) is 0 Å². The Labute approximate surface area is 115 Å². The second-order valence-electron chi connectivity index (χ2n) is 6.60. The third-order valence-electron chi connectivity index (χ3n) is 3.84. The van der Waals surface area contributed by atoms with Crippen molar-refractivity contribution in [1.29, 1.82) is 0 Å². The molecule has 0 bridgehead atoms. The molecule has 0 amide bonds. The number of aromatic nitrogens is 3. The SMILES string of the molecule is CC(C)(C)[C@H](O)/C(=C\C1CCCCC1)n1cncn1. The zero-order valence-corrected chi connectivity index (χ0v) is 12.2. The van der Waals surface area contributed by atoms with Crippen molar-refractivity contribution < 1.29 is 5.11 Å². The third kappa shape index (κ3) is 3.66. The van der Waals surface area contributed by atoms with Gasteiger partial charge < -0.3 is 5.11 Å². The topological polar surface area (TPSA) is 50.9 Å². The van der Waals surface area contributed by atoms with Crippen molar-refractivity contribution in [2.24, 2.45) is 11.3 Å². The molecule has 1 aromatic heterocycles. The highest BCUT2D eigenvalue weighted by Gasteiger charge is 2.28. The molecule has 1 fully saturated rings. The maximum atomic E-state index is 10.6. The van der Waals surface area contributed by atoms with Crippen molar-refractivity contribution in [3.63, 3.8) is 0 Å². The van der Waals surface area contributed by atoms with Gasteiger partial charge in [-0.3, -0.25) is 0 Å². The van der Waals surface area contributed by atoms with Crippen LogP contribution in [0.15, 0.2) is 18.7 Å². The van der Waals surface area contributed by atoms with Crippen molar-refractivity contribution in [3.05, 3.63) is 18.7 Å². The Morgan fingerprint density at radius 2 is 2.00 bits per heavy atom. The summed E-state index contributed by atoms with van der Waals surface area (Å²) < 4.78 is 1.71. The lowest BCUT2D eigenvalue weighted by Crippen LogP contribution is -2.30. The molecule has 1 N–H and O–H groups in total. The molecule has 0 spiro atoms. The van der Waals surface area contributed by atoms with E-state index in [9.17, 15) is 5.11 Å². The summed E-state index contributed by atoms with van der Waals surface area (Å²) >= 11 is 0. The number of hydrogen-bond acceptors (Lipinski definition) is 3. The lowest BCUT2D eigenvalue weighted by Gasteiger charge is -2.29. The highest BCUT2D eigenvalue weighted by molar-refractivity contribution is 5.49. The van der Waals surface area contributed by atoms with E-state index < -0.39 is 6.10 Å². The van der Waals surface area contributed by atoms with E-state index in [4.69, 9.17) is 0 Å². The summed E-state index contributed by atoms with van der Waals surface area (Å²) in [5.41, 5.74) is 0.670. The zero-order chi connectivity index (χ0) is 13.9. The Morgan fingerprint density at radius 3 is 2.53 bits per heavy atom. The number of aliphatic hydroxyl groups is 1. The van der Waals surface area contributed by atoms with E-state index >= 15 is 0 Å². The molecule has 1 atom stereocenters. The lowest BCUT2D eigenvalue weighted by molar-refractivity contribution is 0.108. The second-order valence-corrected chi connectivity index (χ2v) is 6.60. The van der Waals surface area contributed by atoms with Crippen LogP contribution in [0, 0.1) is 11.3 Å². The first-order valence-corrected chi connectivity index (χ1v) is 7.23. The molecule has 19 heavy (non-hydrogen) atoms. The maximum absolute atomic E-state index is 10.6. The van der Waals surface area contributed by atoms with Crippen molar-refractivity contribution in [3.8, 4) is 0 Å². The van der Waals surface area contributed by atoms with Crippen LogP contribution in [0.3, 0.4) is 0 Å². The molecule has 0 aliphatic heterocycles. The van der Waals surface area contributed by atoms with Crippen LogP contribution < -0.4 is 0 Å².